The number of nitrogens with zero attached hydrogens (tertiary/aromatic N) is 1. The molecular formula is C17H15F8NO10S. The number of alkyl halides is 3. The molecule has 0 fully saturated rings. The third kappa shape index (κ3) is 9.12. The van der Waals surface area contributed by atoms with Crippen molar-refractivity contribution in [2.24, 2.45) is 0 Å². The lowest BCUT2D eigenvalue weighted by Gasteiger charge is -2.41. The van der Waals surface area contributed by atoms with E-state index in [2.05, 4.69) is 23.8 Å². The highest BCUT2D eigenvalue weighted by molar-refractivity contribution is 8.45. The topological polar surface area (TPSA) is 133 Å². The molecule has 1 aliphatic heterocycles. The zero-order chi connectivity index (χ0) is 28.1. The van der Waals surface area contributed by atoms with Crippen molar-refractivity contribution in [1.29, 1.82) is 0 Å². The third-order valence-electron chi connectivity index (χ3n) is 4.04. The second kappa shape index (κ2) is 10.1. The second-order valence-electron chi connectivity index (χ2n) is 6.77. The van der Waals surface area contributed by atoms with Gasteiger partial charge >= 0.3 is 28.5 Å². The Labute approximate surface area is 200 Å². The van der Waals surface area contributed by atoms with E-state index in [4.69, 9.17) is 4.74 Å². The monoisotopic (exact) mass is 577 g/mol. The second-order valence-corrected chi connectivity index (χ2v) is 9.18. The van der Waals surface area contributed by atoms with Crippen LogP contribution in [-0.4, -0.2) is 62.7 Å². The van der Waals surface area contributed by atoms with Crippen molar-refractivity contribution in [1.82, 2.24) is 0 Å². The summed E-state index contributed by atoms with van der Waals surface area (Å²) in [5.74, 6) is -2.72. The van der Waals surface area contributed by atoms with Crippen LogP contribution in [0.1, 0.15) is 5.56 Å². The Kier molecular flexibility index (Phi) is 8.08. The number of fused-ring (bicyclic) bond motifs is 1. The highest BCUT2D eigenvalue weighted by atomic mass is 32.5. The molecule has 0 spiro atoms. The molecule has 11 nitrogen and oxygen atoms in total. The molecular weight excluding hydrogens is 562 g/mol. The summed E-state index contributed by atoms with van der Waals surface area (Å²) in [4.78, 5) is 34.9. The molecule has 1 unspecified atom stereocenters. The van der Waals surface area contributed by atoms with Gasteiger partial charge < -0.3 is 28.5 Å². The van der Waals surface area contributed by atoms with Gasteiger partial charge in [0.15, 0.2) is 0 Å². The molecule has 1 aromatic carbocycles. The zero-order valence-corrected chi connectivity index (χ0v) is 18.7. The maximum atomic E-state index is 13.4. The van der Waals surface area contributed by atoms with E-state index in [-0.39, 0.29) is 37.5 Å². The summed E-state index contributed by atoms with van der Waals surface area (Å²) in [6, 6.07) is -0.0931. The van der Waals surface area contributed by atoms with Crippen LogP contribution in [-0.2, 0) is 28.6 Å². The van der Waals surface area contributed by atoms with Gasteiger partial charge in [-0.3, -0.25) is 0 Å². The Morgan fingerprint density at radius 3 is 2.24 bits per heavy atom. The number of hydrogen-bond donors (Lipinski definition) is 0. The summed E-state index contributed by atoms with van der Waals surface area (Å²) < 4.78 is 128. The number of rotatable bonds is 11. The Balaban J connectivity index is 2.00. The van der Waals surface area contributed by atoms with E-state index >= 15 is 0 Å². The van der Waals surface area contributed by atoms with Gasteiger partial charge in [0.1, 0.15) is 23.9 Å². The summed E-state index contributed by atoms with van der Waals surface area (Å²) >= 11 is 0. The molecule has 0 saturated heterocycles. The van der Waals surface area contributed by atoms with Gasteiger partial charge in [-0.1, -0.05) is 19.4 Å². The normalized spacial score (nSPS) is 17.2. The number of hydrogen-bond acceptors (Lipinski definition) is 10. The first kappa shape index (κ1) is 29.7. The Hall–Kier alpha value is -3.55. The summed E-state index contributed by atoms with van der Waals surface area (Å²) in [7, 11) is -10.2. The predicted molar refractivity (Wildman–Crippen MR) is 103 cm³/mol. The van der Waals surface area contributed by atoms with Crippen LogP contribution in [0, 0.1) is 10.1 Å². The van der Waals surface area contributed by atoms with Crippen molar-refractivity contribution < 1.29 is 75.8 Å². The molecule has 0 amide bonds. The maximum absolute atomic E-state index is 13.4. The Morgan fingerprint density at radius 2 is 1.65 bits per heavy atom. The molecule has 1 atom stereocenters. The van der Waals surface area contributed by atoms with Gasteiger partial charge in [0, 0.05) is 5.56 Å². The molecule has 0 radical (unpaired) electrons. The number of esters is 1. The molecule has 0 aliphatic carbocycles. The van der Waals surface area contributed by atoms with E-state index in [1.165, 1.54) is 0 Å². The zero-order valence-electron chi connectivity index (χ0n) is 17.9. The van der Waals surface area contributed by atoms with E-state index in [1.807, 2.05) is 0 Å². The van der Waals surface area contributed by atoms with E-state index < -0.39 is 81.5 Å². The van der Waals surface area contributed by atoms with Gasteiger partial charge in [0.2, 0.25) is 12.9 Å². The van der Waals surface area contributed by atoms with E-state index in [1.54, 1.807) is 0 Å². The molecule has 1 aromatic rings. The quantitative estimate of drug-likeness (QED) is 0.0891. The SMILES string of the molecule is O=C(OCCOCCO[N+](=O)[O-])OCOC(=O)C1=Cc2cc(S(F)(F)(F)(F)F)ccc2OC1C(F)(F)F. The fourth-order valence-electron chi connectivity index (χ4n) is 2.54. The molecule has 210 valence electrons. The lowest BCUT2D eigenvalue weighted by atomic mass is 10.0. The van der Waals surface area contributed by atoms with Gasteiger partial charge in [0.05, 0.1) is 18.8 Å². The Morgan fingerprint density at radius 1 is 1.00 bits per heavy atom. The summed E-state index contributed by atoms with van der Waals surface area (Å²) in [6.45, 7) is -2.67. The lowest BCUT2D eigenvalue weighted by Crippen LogP contribution is -2.41. The van der Waals surface area contributed by atoms with Crippen LogP contribution >= 0.6 is 10.2 Å². The van der Waals surface area contributed by atoms with Crippen LogP contribution in [0.4, 0.5) is 37.4 Å². The molecule has 20 heteroatoms. The van der Waals surface area contributed by atoms with E-state index in [0.717, 1.165) is 0 Å². The summed E-state index contributed by atoms with van der Waals surface area (Å²) in [5, 5.41) is 8.83. The van der Waals surface area contributed by atoms with E-state index in [9.17, 15) is 52.3 Å². The van der Waals surface area contributed by atoms with Gasteiger partial charge in [-0.2, -0.15) is 13.2 Å². The van der Waals surface area contributed by atoms with Crippen molar-refractivity contribution in [2.75, 3.05) is 33.2 Å². The number of carbonyl (C=O) groups excluding carboxylic acids is 2. The predicted octanol–water partition coefficient (Wildman–Crippen LogP) is 4.93. The van der Waals surface area contributed by atoms with Crippen molar-refractivity contribution in [3.05, 3.63) is 39.4 Å². The summed E-state index contributed by atoms with van der Waals surface area (Å²) in [6.07, 6.45) is -9.58. The van der Waals surface area contributed by atoms with Crippen LogP contribution in [0.3, 0.4) is 0 Å². The van der Waals surface area contributed by atoms with Crippen molar-refractivity contribution >= 4 is 28.4 Å². The number of benzene rings is 1. The van der Waals surface area contributed by atoms with Gasteiger partial charge in [-0.25, -0.2) is 9.59 Å². The molecule has 1 heterocycles. The lowest BCUT2D eigenvalue weighted by molar-refractivity contribution is -0.758. The minimum Gasteiger partial charge on any atom is -0.475 e. The highest BCUT2D eigenvalue weighted by Crippen LogP contribution is 3.02. The van der Waals surface area contributed by atoms with Crippen LogP contribution in [0.5, 0.6) is 5.75 Å². The van der Waals surface area contributed by atoms with Gasteiger partial charge in [-0.15, -0.1) is 10.1 Å². The minimum atomic E-state index is -10.2. The average Bonchev–Trinajstić information content (AvgIpc) is 2.74. The molecule has 0 N–H and O–H groups in total. The van der Waals surface area contributed by atoms with Crippen LogP contribution < -0.4 is 4.74 Å². The largest absolute Gasteiger partial charge is 0.511 e. The Bertz CT molecular complexity index is 1080. The molecule has 0 aromatic heterocycles. The average molecular weight is 577 g/mol. The standard InChI is InChI=1S/C17H15F8NO10S/c18-17(19,20)14-12(8-10-7-11(1-2-13(10)36-14)37(21,22,23,24)25)15(27)33-9-34-16(28)32-5-3-31-4-6-35-26(29)30/h1-2,7-8,14H,3-6,9H2. The van der Waals surface area contributed by atoms with E-state index in [0.29, 0.717) is 0 Å². The molecule has 0 bridgehead atoms. The number of ether oxygens (including phenoxy) is 5. The summed E-state index contributed by atoms with van der Waals surface area (Å²) in [5.41, 5.74) is -2.33. The number of carbonyl (C=O) groups is 2. The third-order valence-corrected chi connectivity index (χ3v) is 5.18. The van der Waals surface area contributed by atoms with Crippen molar-refractivity contribution in [3.63, 3.8) is 0 Å². The molecule has 1 aliphatic rings. The van der Waals surface area contributed by atoms with Crippen molar-refractivity contribution in [2.45, 2.75) is 17.2 Å². The van der Waals surface area contributed by atoms with Crippen LogP contribution in [0.15, 0.2) is 28.7 Å². The smallest absolute Gasteiger partial charge is 0.475 e. The van der Waals surface area contributed by atoms with Gasteiger partial charge in [0.25, 0.3) is 5.09 Å². The highest BCUT2D eigenvalue weighted by Gasteiger charge is 2.65. The fourth-order valence-corrected chi connectivity index (χ4v) is 3.22. The van der Waals surface area contributed by atoms with Crippen LogP contribution in [0.2, 0.25) is 0 Å². The van der Waals surface area contributed by atoms with Crippen molar-refractivity contribution in [3.8, 4) is 5.75 Å². The molecule has 0 saturated carbocycles. The van der Waals surface area contributed by atoms with Gasteiger partial charge in [-0.05, 0) is 24.3 Å². The first-order chi connectivity index (χ1) is 16.8. The number of halogens is 8. The first-order valence-corrected chi connectivity index (χ1v) is 11.4. The fraction of sp³-hybridized carbons (Fsp3) is 0.412. The maximum Gasteiger partial charge on any atom is 0.511 e. The van der Waals surface area contributed by atoms with Crippen LogP contribution in [0.25, 0.3) is 6.08 Å². The molecule has 2 rings (SSSR count). The minimum absolute atomic E-state index is 0.157. The molecule has 37 heavy (non-hydrogen) atoms. The first-order valence-electron chi connectivity index (χ1n) is 9.43.